The highest BCUT2D eigenvalue weighted by atomic mass is 127. The fraction of sp³-hybridized carbons (Fsp3) is 0.167. The lowest BCUT2D eigenvalue weighted by Gasteiger charge is -2.06. The molecule has 1 rings (SSSR count). The van der Waals surface area contributed by atoms with E-state index >= 15 is 0 Å². The molecule has 0 amide bonds. The summed E-state index contributed by atoms with van der Waals surface area (Å²) in [5.41, 5.74) is 6.17. The molecule has 0 fully saturated rings. The number of hydrogen-bond acceptors (Lipinski definition) is 3. The average molecular weight is 284 g/mol. The zero-order valence-electron chi connectivity index (χ0n) is 5.77. The third kappa shape index (κ3) is 1.67. The standard InChI is InChI=1S/C6H6ClIN2O/c1-11-5-4(9)3(8)2-10-6(5)7/h2H,1H3,(H2,9,10). The van der Waals surface area contributed by atoms with Crippen LogP contribution in [0.5, 0.6) is 5.75 Å². The molecular formula is C6H6ClIN2O. The number of pyridine rings is 1. The molecule has 1 heterocycles. The number of hydrogen-bond donors (Lipinski definition) is 1. The summed E-state index contributed by atoms with van der Waals surface area (Å²) in [6.07, 6.45) is 1.60. The molecular weight excluding hydrogens is 278 g/mol. The van der Waals surface area contributed by atoms with Gasteiger partial charge < -0.3 is 10.5 Å². The number of aromatic nitrogens is 1. The second kappa shape index (κ2) is 3.44. The summed E-state index contributed by atoms with van der Waals surface area (Å²) in [5, 5.41) is 0.297. The highest BCUT2D eigenvalue weighted by molar-refractivity contribution is 14.1. The maximum atomic E-state index is 5.68. The van der Waals surface area contributed by atoms with Crippen molar-refractivity contribution in [2.24, 2.45) is 0 Å². The molecule has 0 saturated heterocycles. The molecule has 0 atom stereocenters. The van der Waals surface area contributed by atoms with Gasteiger partial charge in [0, 0.05) is 6.20 Å². The van der Waals surface area contributed by atoms with Crippen molar-refractivity contribution >= 4 is 39.9 Å². The smallest absolute Gasteiger partial charge is 0.180 e. The van der Waals surface area contributed by atoms with E-state index < -0.39 is 0 Å². The highest BCUT2D eigenvalue weighted by Crippen LogP contribution is 2.31. The van der Waals surface area contributed by atoms with Crippen LogP contribution in [0.3, 0.4) is 0 Å². The van der Waals surface area contributed by atoms with Crippen molar-refractivity contribution in [2.75, 3.05) is 12.8 Å². The number of methoxy groups -OCH3 is 1. The zero-order chi connectivity index (χ0) is 8.43. The van der Waals surface area contributed by atoms with Crippen molar-refractivity contribution in [2.45, 2.75) is 0 Å². The zero-order valence-corrected chi connectivity index (χ0v) is 8.68. The summed E-state index contributed by atoms with van der Waals surface area (Å²) in [6.45, 7) is 0. The fourth-order valence-corrected chi connectivity index (χ4v) is 1.27. The Morgan fingerprint density at radius 3 is 2.82 bits per heavy atom. The maximum absolute atomic E-state index is 5.68. The summed E-state index contributed by atoms with van der Waals surface area (Å²) >= 11 is 7.75. The van der Waals surface area contributed by atoms with Gasteiger partial charge in [0.05, 0.1) is 16.4 Å². The van der Waals surface area contributed by atoms with Crippen LogP contribution in [0.1, 0.15) is 0 Å². The van der Waals surface area contributed by atoms with Crippen LogP contribution in [0.15, 0.2) is 6.20 Å². The number of rotatable bonds is 1. The third-order valence-corrected chi connectivity index (χ3v) is 2.31. The Morgan fingerprint density at radius 2 is 2.36 bits per heavy atom. The van der Waals surface area contributed by atoms with Gasteiger partial charge in [0.1, 0.15) is 0 Å². The molecule has 5 heteroatoms. The Hall–Kier alpha value is -0.230. The SMILES string of the molecule is COc1c(Cl)ncc(I)c1N. The molecule has 60 valence electrons. The van der Waals surface area contributed by atoms with Crippen LogP contribution in [-0.2, 0) is 0 Å². The normalized spacial score (nSPS) is 9.73. The van der Waals surface area contributed by atoms with Crippen LogP contribution in [0.2, 0.25) is 5.15 Å². The van der Waals surface area contributed by atoms with Crippen molar-refractivity contribution in [1.29, 1.82) is 0 Å². The van der Waals surface area contributed by atoms with E-state index in [0.29, 0.717) is 16.6 Å². The fourth-order valence-electron chi connectivity index (χ4n) is 0.655. The number of ether oxygens (including phenoxy) is 1. The molecule has 0 aliphatic heterocycles. The van der Waals surface area contributed by atoms with E-state index in [2.05, 4.69) is 27.6 Å². The lowest BCUT2D eigenvalue weighted by molar-refractivity contribution is 0.415. The number of nitrogens with two attached hydrogens (primary N) is 1. The van der Waals surface area contributed by atoms with Crippen molar-refractivity contribution in [1.82, 2.24) is 4.98 Å². The van der Waals surface area contributed by atoms with Gasteiger partial charge in [-0.2, -0.15) is 0 Å². The molecule has 3 nitrogen and oxygen atoms in total. The summed E-state index contributed by atoms with van der Waals surface area (Å²) in [7, 11) is 1.51. The third-order valence-electron chi connectivity index (χ3n) is 1.18. The number of nitrogens with zero attached hydrogens (tertiary/aromatic N) is 1. The number of halogens is 2. The van der Waals surface area contributed by atoms with Crippen LogP contribution in [-0.4, -0.2) is 12.1 Å². The molecule has 2 N–H and O–H groups in total. The van der Waals surface area contributed by atoms with E-state index in [1.54, 1.807) is 6.20 Å². The minimum atomic E-state index is 0.297. The van der Waals surface area contributed by atoms with Crippen LogP contribution in [0.25, 0.3) is 0 Å². The first-order chi connectivity index (χ1) is 5.16. The lowest BCUT2D eigenvalue weighted by Crippen LogP contribution is -1.97. The molecule has 11 heavy (non-hydrogen) atoms. The molecule has 0 saturated carbocycles. The predicted molar refractivity (Wildman–Crippen MR) is 52.9 cm³/mol. The number of nitrogen functional groups attached to an aromatic ring is 1. The van der Waals surface area contributed by atoms with Crippen molar-refractivity contribution in [3.63, 3.8) is 0 Å². The first-order valence-corrected chi connectivity index (χ1v) is 4.26. The van der Waals surface area contributed by atoms with E-state index in [-0.39, 0.29) is 0 Å². The van der Waals surface area contributed by atoms with Gasteiger partial charge in [0.15, 0.2) is 10.9 Å². The van der Waals surface area contributed by atoms with E-state index in [9.17, 15) is 0 Å². The highest BCUT2D eigenvalue weighted by Gasteiger charge is 2.08. The van der Waals surface area contributed by atoms with Gasteiger partial charge in [-0.25, -0.2) is 4.98 Å². The molecule has 0 aliphatic carbocycles. The lowest BCUT2D eigenvalue weighted by atomic mass is 10.4. The van der Waals surface area contributed by atoms with E-state index in [4.69, 9.17) is 22.1 Å². The second-order valence-corrected chi connectivity index (χ2v) is 3.36. The Labute approximate surface area is 83.0 Å². The Bertz CT molecular complexity index is 280. The van der Waals surface area contributed by atoms with Gasteiger partial charge in [-0.1, -0.05) is 11.6 Å². The second-order valence-electron chi connectivity index (χ2n) is 1.84. The topological polar surface area (TPSA) is 48.1 Å². The average Bonchev–Trinajstić information content (AvgIpc) is 1.99. The van der Waals surface area contributed by atoms with E-state index in [1.807, 2.05) is 0 Å². The Kier molecular flexibility index (Phi) is 2.78. The van der Waals surface area contributed by atoms with Crippen LogP contribution in [0.4, 0.5) is 5.69 Å². The molecule has 0 unspecified atom stereocenters. The quantitative estimate of drug-likeness (QED) is 0.633. The van der Waals surface area contributed by atoms with Crippen LogP contribution in [0, 0.1) is 3.57 Å². The molecule has 0 radical (unpaired) electrons. The minimum Gasteiger partial charge on any atom is -0.491 e. The first-order valence-electron chi connectivity index (χ1n) is 2.80. The molecule has 0 bridgehead atoms. The van der Waals surface area contributed by atoms with Crippen LogP contribution < -0.4 is 10.5 Å². The van der Waals surface area contributed by atoms with Crippen LogP contribution >= 0.6 is 34.2 Å². The molecule has 1 aromatic heterocycles. The van der Waals surface area contributed by atoms with Crippen molar-refractivity contribution < 1.29 is 4.74 Å². The Balaban J connectivity index is 3.29. The van der Waals surface area contributed by atoms with Gasteiger partial charge in [-0.15, -0.1) is 0 Å². The largest absolute Gasteiger partial charge is 0.491 e. The number of anilines is 1. The predicted octanol–water partition coefficient (Wildman–Crippen LogP) is 1.93. The maximum Gasteiger partial charge on any atom is 0.180 e. The van der Waals surface area contributed by atoms with Gasteiger partial charge in [0.25, 0.3) is 0 Å². The van der Waals surface area contributed by atoms with E-state index in [0.717, 1.165) is 3.57 Å². The monoisotopic (exact) mass is 284 g/mol. The van der Waals surface area contributed by atoms with Gasteiger partial charge in [0.2, 0.25) is 0 Å². The molecule has 0 spiro atoms. The van der Waals surface area contributed by atoms with Crippen molar-refractivity contribution in [3.05, 3.63) is 14.9 Å². The summed E-state index contributed by atoms with van der Waals surface area (Å²) < 4.78 is 5.77. The molecule has 0 aromatic carbocycles. The molecule has 1 aromatic rings. The molecule has 0 aliphatic rings. The van der Waals surface area contributed by atoms with E-state index in [1.165, 1.54) is 7.11 Å². The summed E-state index contributed by atoms with van der Waals surface area (Å²) in [6, 6.07) is 0. The summed E-state index contributed by atoms with van der Waals surface area (Å²) in [4.78, 5) is 3.86. The van der Waals surface area contributed by atoms with Gasteiger partial charge in [-0.3, -0.25) is 0 Å². The summed E-state index contributed by atoms with van der Waals surface area (Å²) in [5.74, 6) is 0.443. The minimum absolute atomic E-state index is 0.297. The van der Waals surface area contributed by atoms with Gasteiger partial charge >= 0.3 is 0 Å². The van der Waals surface area contributed by atoms with Crippen molar-refractivity contribution in [3.8, 4) is 5.75 Å². The first kappa shape index (κ1) is 8.86. The van der Waals surface area contributed by atoms with Gasteiger partial charge in [-0.05, 0) is 22.6 Å². The Morgan fingerprint density at radius 1 is 1.73 bits per heavy atom.